The minimum atomic E-state index is 0.0345. The van der Waals surface area contributed by atoms with E-state index in [1.165, 1.54) is 11.8 Å². The molecule has 1 fully saturated rings. The number of carbonyl (C=O) groups excluding carboxylic acids is 1. The summed E-state index contributed by atoms with van der Waals surface area (Å²) in [5.74, 6) is 1.28. The largest absolute Gasteiger partial charge is 0.378 e. The van der Waals surface area contributed by atoms with Crippen molar-refractivity contribution in [2.75, 3.05) is 44.0 Å². The Balaban J connectivity index is 1.62. The van der Waals surface area contributed by atoms with Crippen molar-refractivity contribution in [1.29, 1.82) is 0 Å². The first-order valence-corrected chi connectivity index (χ1v) is 10.3. The van der Waals surface area contributed by atoms with E-state index in [-0.39, 0.29) is 11.9 Å². The Morgan fingerprint density at radius 2 is 1.96 bits per heavy atom. The Morgan fingerprint density at radius 1 is 1.26 bits per heavy atom. The van der Waals surface area contributed by atoms with Crippen LogP contribution in [0.5, 0.6) is 0 Å². The lowest BCUT2D eigenvalue weighted by molar-refractivity contribution is -0.128. The third kappa shape index (κ3) is 4.62. The van der Waals surface area contributed by atoms with Gasteiger partial charge in [0.2, 0.25) is 11.9 Å². The Morgan fingerprint density at radius 3 is 2.63 bits per heavy atom. The van der Waals surface area contributed by atoms with Gasteiger partial charge in [0.15, 0.2) is 5.16 Å². The van der Waals surface area contributed by atoms with Crippen LogP contribution in [0.2, 0.25) is 0 Å². The molecule has 1 aliphatic heterocycles. The molecule has 0 bridgehead atoms. The lowest BCUT2D eigenvalue weighted by Crippen LogP contribution is -2.38. The number of hydrogen-bond acceptors (Lipinski definition) is 6. The molecule has 2 heterocycles. The maximum atomic E-state index is 12.7. The van der Waals surface area contributed by atoms with Crippen LogP contribution >= 0.6 is 11.8 Å². The van der Waals surface area contributed by atoms with Gasteiger partial charge in [-0.3, -0.25) is 9.36 Å². The lowest BCUT2D eigenvalue weighted by Gasteiger charge is -2.27. The zero-order valence-electron chi connectivity index (χ0n) is 16.2. The molecule has 0 unspecified atom stereocenters. The Kier molecular flexibility index (Phi) is 6.73. The summed E-state index contributed by atoms with van der Waals surface area (Å²) in [5.41, 5.74) is 1.13. The fourth-order valence-electron chi connectivity index (χ4n) is 3.06. The standard InChI is InChI=1S/C19H27N5O2S/c1-4-24-18(23-10-12-26-13-11-23)20-21-19(24)27-14-17(25)22(3)15(2)16-8-6-5-7-9-16/h5-9,15H,4,10-14H2,1-3H3/t15-/m1/s1. The van der Waals surface area contributed by atoms with E-state index in [9.17, 15) is 4.79 Å². The van der Waals surface area contributed by atoms with Crippen LogP contribution in [0.15, 0.2) is 35.5 Å². The molecule has 2 aromatic rings. The van der Waals surface area contributed by atoms with Gasteiger partial charge < -0.3 is 14.5 Å². The van der Waals surface area contributed by atoms with Gasteiger partial charge in [0.25, 0.3) is 0 Å². The third-order valence-corrected chi connectivity index (χ3v) is 5.84. The van der Waals surface area contributed by atoms with E-state index in [4.69, 9.17) is 4.74 Å². The molecule has 3 rings (SSSR count). The number of aromatic nitrogens is 3. The fourth-order valence-corrected chi connectivity index (χ4v) is 3.98. The van der Waals surface area contributed by atoms with Gasteiger partial charge in [-0.05, 0) is 19.4 Å². The highest BCUT2D eigenvalue weighted by molar-refractivity contribution is 7.99. The number of carbonyl (C=O) groups is 1. The number of benzene rings is 1. The molecule has 27 heavy (non-hydrogen) atoms. The summed E-state index contributed by atoms with van der Waals surface area (Å²) < 4.78 is 7.48. The van der Waals surface area contributed by atoms with Crippen molar-refractivity contribution in [2.45, 2.75) is 31.6 Å². The molecule has 1 amide bonds. The number of amides is 1. The number of rotatable bonds is 7. The van der Waals surface area contributed by atoms with Crippen molar-refractivity contribution in [3.8, 4) is 0 Å². The molecule has 0 N–H and O–H groups in total. The van der Waals surface area contributed by atoms with E-state index in [0.717, 1.165) is 36.3 Å². The van der Waals surface area contributed by atoms with E-state index in [2.05, 4.69) is 26.6 Å². The lowest BCUT2D eigenvalue weighted by atomic mass is 10.1. The predicted molar refractivity (Wildman–Crippen MR) is 107 cm³/mol. The summed E-state index contributed by atoms with van der Waals surface area (Å²) in [6.07, 6.45) is 0. The zero-order valence-corrected chi connectivity index (χ0v) is 17.0. The van der Waals surface area contributed by atoms with Crippen molar-refractivity contribution in [1.82, 2.24) is 19.7 Å². The van der Waals surface area contributed by atoms with Gasteiger partial charge in [-0.1, -0.05) is 42.1 Å². The molecule has 1 aromatic heterocycles. The molecule has 1 saturated heterocycles. The van der Waals surface area contributed by atoms with E-state index in [1.54, 1.807) is 4.90 Å². The van der Waals surface area contributed by atoms with Crippen LogP contribution in [0.1, 0.15) is 25.5 Å². The SMILES string of the molecule is CCn1c(SCC(=O)N(C)[C@H](C)c2ccccc2)nnc1N1CCOCC1. The molecule has 146 valence electrons. The van der Waals surface area contributed by atoms with Crippen LogP contribution in [-0.2, 0) is 16.1 Å². The van der Waals surface area contributed by atoms with Crippen LogP contribution in [0.3, 0.4) is 0 Å². The summed E-state index contributed by atoms with van der Waals surface area (Å²) in [5, 5.41) is 9.46. The molecule has 8 heteroatoms. The van der Waals surface area contributed by atoms with Crippen LogP contribution in [0.4, 0.5) is 5.95 Å². The van der Waals surface area contributed by atoms with Gasteiger partial charge in [0.1, 0.15) is 0 Å². The van der Waals surface area contributed by atoms with Crippen molar-refractivity contribution >= 4 is 23.6 Å². The second-order valence-electron chi connectivity index (χ2n) is 6.51. The number of morpholine rings is 1. The number of thioether (sulfide) groups is 1. The molecular weight excluding hydrogens is 362 g/mol. The average Bonchev–Trinajstić information content (AvgIpc) is 3.15. The Hall–Kier alpha value is -2.06. The normalized spacial score (nSPS) is 15.6. The maximum absolute atomic E-state index is 12.7. The number of nitrogens with zero attached hydrogens (tertiary/aromatic N) is 5. The summed E-state index contributed by atoms with van der Waals surface area (Å²) in [6, 6.07) is 10.1. The van der Waals surface area contributed by atoms with E-state index in [0.29, 0.717) is 19.0 Å². The Bertz CT molecular complexity index is 746. The zero-order chi connectivity index (χ0) is 19.2. The molecule has 0 saturated carbocycles. The first kappa shape index (κ1) is 19.7. The minimum Gasteiger partial charge on any atom is -0.378 e. The molecule has 1 atom stereocenters. The van der Waals surface area contributed by atoms with Crippen LogP contribution in [-0.4, -0.2) is 64.7 Å². The topological polar surface area (TPSA) is 63.5 Å². The first-order valence-electron chi connectivity index (χ1n) is 9.31. The van der Waals surface area contributed by atoms with Crippen LogP contribution < -0.4 is 4.90 Å². The number of anilines is 1. The van der Waals surface area contributed by atoms with Crippen molar-refractivity contribution in [3.63, 3.8) is 0 Å². The third-order valence-electron chi connectivity index (χ3n) is 4.89. The van der Waals surface area contributed by atoms with Crippen molar-refractivity contribution in [3.05, 3.63) is 35.9 Å². The predicted octanol–water partition coefficient (Wildman–Crippen LogP) is 2.45. The second-order valence-corrected chi connectivity index (χ2v) is 7.45. The molecule has 1 aromatic carbocycles. The molecule has 7 nitrogen and oxygen atoms in total. The average molecular weight is 390 g/mol. The van der Waals surface area contributed by atoms with Gasteiger partial charge >= 0.3 is 0 Å². The van der Waals surface area contributed by atoms with Gasteiger partial charge in [-0.15, -0.1) is 10.2 Å². The van der Waals surface area contributed by atoms with Gasteiger partial charge in [-0.2, -0.15) is 0 Å². The Labute approximate surface area is 164 Å². The second kappa shape index (κ2) is 9.23. The maximum Gasteiger partial charge on any atom is 0.233 e. The minimum absolute atomic E-state index is 0.0345. The highest BCUT2D eigenvalue weighted by Gasteiger charge is 2.22. The van der Waals surface area contributed by atoms with Gasteiger partial charge in [0.05, 0.1) is 25.0 Å². The molecule has 0 aliphatic carbocycles. The van der Waals surface area contributed by atoms with Crippen LogP contribution in [0.25, 0.3) is 0 Å². The highest BCUT2D eigenvalue weighted by Crippen LogP contribution is 2.24. The summed E-state index contributed by atoms with van der Waals surface area (Å²) in [4.78, 5) is 16.6. The quantitative estimate of drug-likeness (QED) is 0.678. The van der Waals surface area contributed by atoms with Crippen LogP contribution in [0, 0.1) is 0 Å². The summed E-state index contributed by atoms with van der Waals surface area (Å²) >= 11 is 1.45. The van der Waals surface area contributed by atoms with E-state index in [1.807, 2.05) is 44.3 Å². The smallest absolute Gasteiger partial charge is 0.233 e. The van der Waals surface area contributed by atoms with E-state index >= 15 is 0 Å². The van der Waals surface area contributed by atoms with Crippen molar-refractivity contribution in [2.24, 2.45) is 0 Å². The molecule has 0 spiro atoms. The van der Waals surface area contributed by atoms with Gasteiger partial charge in [-0.25, -0.2) is 0 Å². The first-order chi connectivity index (χ1) is 13.1. The van der Waals surface area contributed by atoms with E-state index < -0.39 is 0 Å². The summed E-state index contributed by atoms with van der Waals surface area (Å²) in [7, 11) is 1.85. The molecule has 0 radical (unpaired) electrons. The monoisotopic (exact) mass is 389 g/mol. The number of ether oxygens (including phenoxy) is 1. The molecular formula is C19H27N5O2S. The highest BCUT2D eigenvalue weighted by atomic mass is 32.2. The number of hydrogen-bond donors (Lipinski definition) is 0. The van der Waals surface area contributed by atoms with Gasteiger partial charge in [0, 0.05) is 26.7 Å². The summed E-state index contributed by atoms with van der Waals surface area (Å²) in [6.45, 7) is 7.94. The van der Waals surface area contributed by atoms with Crippen molar-refractivity contribution < 1.29 is 9.53 Å². The fraction of sp³-hybridized carbons (Fsp3) is 0.526. The molecule has 1 aliphatic rings.